The van der Waals surface area contributed by atoms with Gasteiger partial charge in [-0.1, -0.05) is 37.0 Å². The summed E-state index contributed by atoms with van der Waals surface area (Å²) in [6, 6.07) is 5.05. The molecule has 1 atom stereocenters. The zero-order valence-corrected chi connectivity index (χ0v) is 16.6. The summed E-state index contributed by atoms with van der Waals surface area (Å²) in [7, 11) is 1.93. The summed E-state index contributed by atoms with van der Waals surface area (Å²) in [6.07, 6.45) is 0.135. The van der Waals surface area contributed by atoms with Crippen molar-refractivity contribution in [2.24, 2.45) is 5.92 Å². The van der Waals surface area contributed by atoms with E-state index in [1.807, 2.05) is 11.9 Å². The first kappa shape index (κ1) is 20.5. The maximum absolute atomic E-state index is 12.2. The molecule has 2 rings (SSSR count). The predicted octanol–water partition coefficient (Wildman–Crippen LogP) is 3.22. The van der Waals surface area contributed by atoms with Crippen molar-refractivity contribution < 1.29 is 9.53 Å². The molecule has 1 aliphatic heterocycles. The van der Waals surface area contributed by atoms with Gasteiger partial charge in [0.05, 0.1) is 29.3 Å². The quantitative estimate of drug-likeness (QED) is 0.779. The Bertz CT molecular complexity index is 583. The molecule has 7 heteroatoms. The largest absolute Gasteiger partial charge is 0.374 e. The first-order chi connectivity index (χ1) is 11.8. The highest BCUT2D eigenvalue weighted by Crippen LogP contribution is 2.24. The topological polar surface area (TPSA) is 44.8 Å². The lowest BCUT2D eigenvalue weighted by molar-refractivity contribution is -0.117. The molecule has 1 N–H and O–H groups in total. The molecule has 0 radical (unpaired) electrons. The van der Waals surface area contributed by atoms with Crippen LogP contribution in [0.25, 0.3) is 0 Å². The van der Waals surface area contributed by atoms with E-state index in [-0.39, 0.29) is 12.0 Å². The van der Waals surface area contributed by atoms with Crippen LogP contribution in [0.3, 0.4) is 0 Å². The van der Waals surface area contributed by atoms with Crippen molar-refractivity contribution in [3.8, 4) is 0 Å². The molecule has 1 heterocycles. The number of carbonyl (C=O) groups excluding carboxylic acids is 1. The third-order valence-corrected chi connectivity index (χ3v) is 4.72. The molecule has 1 saturated heterocycles. The normalized spacial score (nSPS) is 18.8. The fourth-order valence-electron chi connectivity index (χ4n) is 3.00. The highest BCUT2D eigenvalue weighted by molar-refractivity contribution is 6.42. The molecule has 1 aromatic carbocycles. The first-order valence-corrected chi connectivity index (χ1v) is 9.36. The molecule has 140 valence electrons. The van der Waals surface area contributed by atoms with Crippen LogP contribution in [0.1, 0.15) is 13.8 Å². The Kier molecular flexibility index (Phi) is 7.97. The zero-order chi connectivity index (χ0) is 18.4. The van der Waals surface area contributed by atoms with Gasteiger partial charge in [-0.05, 0) is 31.2 Å². The van der Waals surface area contributed by atoms with Gasteiger partial charge >= 0.3 is 0 Å². The fourth-order valence-corrected chi connectivity index (χ4v) is 3.30. The molecule has 1 aromatic rings. The summed E-state index contributed by atoms with van der Waals surface area (Å²) in [4.78, 5) is 16.6. The lowest BCUT2D eigenvalue weighted by atomic mass is 10.1. The van der Waals surface area contributed by atoms with Crippen LogP contribution in [-0.2, 0) is 9.53 Å². The Labute approximate surface area is 160 Å². The van der Waals surface area contributed by atoms with E-state index in [1.54, 1.807) is 18.2 Å². The van der Waals surface area contributed by atoms with Crippen molar-refractivity contribution in [1.82, 2.24) is 9.80 Å². The van der Waals surface area contributed by atoms with Crippen molar-refractivity contribution >= 4 is 34.8 Å². The van der Waals surface area contributed by atoms with Gasteiger partial charge in [0, 0.05) is 31.9 Å². The van der Waals surface area contributed by atoms with E-state index >= 15 is 0 Å². The summed E-state index contributed by atoms with van der Waals surface area (Å²) in [6.45, 7) is 9.21. The number of carbonyl (C=O) groups is 1. The Morgan fingerprint density at radius 1 is 1.40 bits per heavy atom. The fraction of sp³-hybridized carbons (Fsp3) is 0.611. The third kappa shape index (κ3) is 7.12. The minimum absolute atomic E-state index is 0.0873. The van der Waals surface area contributed by atoms with Crippen molar-refractivity contribution in [1.29, 1.82) is 0 Å². The van der Waals surface area contributed by atoms with Crippen LogP contribution in [0.5, 0.6) is 0 Å². The number of morpholine rings is 1. The molecule has 1 aliphatic rings. The molecular formula is C18H27Cl2N3O2. The highest BCUT2D eigenvalue weighted by Gasteiger charge is 2.22. The van der Waals surface area contributed by atoms with Crippen LogP contribution in [0, 0.1) is 5.92 Å². The Morgan fingerprint density at radius 3 is 2.84 bits per heavy atom. The second-order valence-electron chi connectivity index (χ2n) is 7.02. The van der Waals surface area contributed by atoms with E-state index in [0.717, 1.165) is 32.8 Å². The molecule has 5 nitrogen and oxygen atoms in total. The number of nitrogens with zero attached hydrogens (tertiary/aromatic N) is 2. The van der Waals surface area contributed by atoms with E-state index in [9.17, 15) is 4.79 Å². The van der Waals surface area contributed by atoms with Gasteiger partial charge in [0.15, 0.2) is 0 Å². The second kappa shape index (κ2) is 9.74. The molecule has 25 heavy (non-hydrogen) atoms. The van der Waals surface area contributed by atoms with E-state index in [2.05, 4.69) is 24.1 Å². The molecule has 0 aromatic heterocycles. The van der Waals surface area contributed by atoms with Crippen molar-refractivity contribution in [3.05, 3.63) is 28.2 Å². The molecule has 0 unspecified atom stereocenters. The lowest BCUT2D eigenvalue weighted by Gasteiger charge is -2.35. The lowest BCUT2D eigenvalue weighted by Crippen LogP contribution is -2.48. The minimum atomic E-state index is -0.0873. The summed E-state index contributed by atoms with van der Waals surface area (Å²) < 4.78 is 5.84. The molecule has 1 amide bonds. The monoisotopic (exact) mass is 387 g/mol. The van der Waals surface area contributed by atoms with E-state index < -0.39 is 0 Å². The molecule has 0 bridgehead atoms. The smallest absolute Gasteiger partial charge is 0.238 e. The number of ether oxygens (including phenoxy) is 1. The number of anilines is 1. The van der Waals surface area contributed by atoms with Gasteiger partial charge in [-0.2, -0.15) is 0 Å². The molecular weight excluding hydrogens is 361 g/mol. The van der Waals surface area contributed by atoms with Gasteiger partial charge in [0.25, 0.3) is 0 Å². The van der Waals surface area contributed by atoms with Crippen LogP contribution < -0.4 is 5.32 Å². The van der Waals surface area contributed by atoms with E-state index in [1.165, 1.54) is 0 Å². The van der Waals surface area contributed by atoms with Crippen molar-refractivity contribution in [3.63, 3.8) is 0 Å². The SMILES string of the molecule is CC(C)CN1CCO[C@@H](CN(C)CC(=O)Nc2ccc(Cl)c(Cl)c2)C1. The third-order valence-electron chi connectivity index (χ3n) is 3.98. The van der Waals surface area contributed by atoms with Crippen LogP contribution in [0.4, 0.5) is 5.69 Å². The number of nitrogens with one attached hydrogen (secondary N) is 1. The Hall–Kier alpha value is -0.850. The summed E-state index contributed by atoms with van der Waals surface area (Å²) in [5, 5.41) is 3.73. The summed E-state index contributed by atoms with van der Waals surface area (Å²) in [5.74, 6) is 0.559. The van der Waals surface area contributed by atoms with Crippen LogP contribution in [0.2, 0.25) is 10.0 Å². The number of rotatable bonds is 7. The van der Waals surface area contributed by atoms with Crippen LogP contribution in [-0.4, -0.2) is 68.2 Å². The summed E-state index contributed by atoms with van der Waals surface area (Å²) in [5.41, 5.74) is 0.643. The maximum Gasteiger partial charge on any atom is 0.238 e. The van der Waals surface area contributed by atoms with E-state index in [4.69, 9.17) is 27.9 Å². The minimum Gasteiger partial charge on any atom is -0.374 e. The number of hydrogen-bond acceptors (Lipinski definition) is 4. The number of halogens is 2. The number of hydrogen-bond donors (Lipinski definition) is 1. The van der Waals surface area contributed by atoms with Crippen LogP contribution >= 0.6 is 23.2 Å². The highest BCUT2D eigenvalue weighted by atomic mass is 35.5. The predicted molar refractivity (Wildman–Crippen MR) is 104 cm³/mol. The number of amides is 1. The average Bonchev–Trinajstić information content (AvgIpc) is 2.50. The van der Waals surface area contributed by atoms with Gasteiger partial charge in [-0.25, -0.2) is 0 Å². The number of likely N-dealkylation sites (N-methyl/N-ethyl adjacent to an activating group) is 1. The van der Waals surface area contributed by atoms with Gasteiger partial charge in [0.1, 0.15) is 0 Å². The van der Waals surface area contributed by atoms with Gasteiger partial charge in [0.2, 0.25) is 5.91 Å². The van der Waals surface area contributed by atoms with Gasteiger partial charge in [-0.15, -0.1) is 0 Å². The second-order valence-corrected chi connectivity index (χ2v) is 7.83. The molecule has 1 fully saturated rings. The molecule has 0 aliphatic carbocycles. The summed E-state index contributed by atoms with van der Waals surface area (Å²) >= 11 is 11.8. The number of benzene rings is 1. The van der Waals surface area contributed by atoms with E-state index in [0.29, 0.717) is 28.2 Å². The first-order valence-electron chi connectivity index (χ1n) is 8.61. The molecule has 0 saturated carbocycles. The van der Waals surface area contributed by atoms with Gasteiger partial charge in [-0.3, -0.25) is 14.6 Å². The van der Waals surface area contributed by atoms with Crippen molar-refractivity contribution in [2.45, 2.75) is 20.0 Å². The molecule has 0 spiro atoms. The zero-order valence-electron chi connectivity index (χ0n) is 15.1. The van der Waals surface area contributed by atoms with Crippen molar-refractivity contribution in [2.75, 3.05) is 51.7 Å². The Morgan fingerprint density at radius 2 is 2.16 bits per heavy atom. The van der Waals surface area contributed by atoms with Gasteiger partial charge < -0.3 is 10.1 Å². The standard InChI is InChI=1S/C18H27Cl2N3O2/c1-13(2)9-23-6-7-25-15(11-23)10-22(3)12-18(24)21-14-4-5-16(19)17(20)8-14/h4-5,8,13,15H,6-7,9-12H2,1-3H3,(H,21,24)/t15-/m0/s1. The Balaban J connectivity index is 1.77. The van der Waals surface area contributed by atoms with Crippen LogP contribution in [0.15, 0.2) is 18.2 Å². The maximum atomic E-state index is 12.2. The average molecular weight is 388 g/mol.